The zero-order valence-electron chi connectivity index (χ0n) is 10.3. The van der Waals surface area contributed by atoms with Gasteiger partial charge in [-0.25, -0.2) is 0 Å². The third kappa shape index (κ3) is 2.22. The van der Waals surface area contributed by atoms with Crippen LogP contribution in [0.1, 0.15) is 36.8 Å². The Morgan fingerprint density at radius 3 is 2.94 bits per heavy atom. The molecule has 1 fully saturated rings. The van der Waals surface area contributed by atoms with Crippen LogP contribution in [0.5, 0.6) is 5.75 Å². The van der Waals surface area contributed by atoms with Crippen molar-refractivity contribution in [1.82, 2.24) is 5.32 Å². The van der Waals surface area contributed by atoms with Gasteiger partial charge in [-0.2, -0.15) is 0 Å². The largest absolute Gasteiger partial charge is 0.496 e. The van der Waals surface area contributed by atoms with Gasteiger partial charge in [-0.15, -0.1) is 0 Å². The quantitative estimate of drug-likeness (QED) is 0.844. The molecule has 0 aromatic heterocycles. The predicted molar refractivity (Wildman–Crippen MR) is 67.2 cm³/mol. The highest BCUT2D eigenvalue weighted by Gasteiger charge is 2.19. The molecule has 1 aliphatic heterocycles. The van der Waals surface area contributed by atoms with Gasteiger partial charge in [0.2, 0.25) is 0 Å². The van der Waals surface area contributed by atoms with Gasteiger partial charge in [0.15, 0.2) is 0 Å². The van der Waals surface area contributed by atoms with E-state index in [1.165, 1.54) is 24.0 Å². The van der Waals surface area contributed by atoms with Crippen LogP contribution >= 0.6 is 0 Å². The number of para-hydroxylation sites is 1. The fourth-order valence-corrected chi connectivity index (χ4v) is 2.57. The van der Waals surface area contributed by atoms with E-state index < -0.39 is 0 Å². The van der Waals surface area contributed by atoms with Crippen molar-refractivity contribution in [2.45, 2.75) is 32.1 Å². The summed E-state index contributed by atoms with van der Waals surface area (Å²) in [4.78, 5) is 0. The lowest BCUT2D eigenvalue weighted by atomic mass is 9.89. The summed E-state index contributed by atoms with van der Waals surface area (Å²) in [5.74, 6) is 1.73. The van der Waals surface area contributed by atoms with E-state index in [0.29, 0.717) is 5.92 Å². The summed E-state index contributed by atoms with van der Waals surface area (Å²) >= 11 is 0. The predicted octanol–water partition coefficient (Wildman–Crippen LogP) is 2.72. The van der Waals surface area contributed by atoms with E-state index in [2.05, 4.69) is 30.4 Å². The first kappa shape index (κ1) is 11.5. The molecule has 88 valence electrons. The molecule has 0 amide bonds. The summed E-state index contributed by atoms with van der Waals surface area (Å²) < 4.78 is 5.59. The van der Waals surface area contributed by atoms with Gasteiger partial charge in [0.05, 0.1) is 7.11 Å². The molecular formula is C14H21NO. The van der Waals surface area contributed by atoms with Crippen LogP contribution in [0, 0.1) is 0 Å². The smallest absolute Gasteiger partial charge is 0.125 e. The molecule has 1 N–H and O–H groups in total. The van der Waals surface area contributed by atoms with Crippen molar-refractivity contribution < 1.29 is 4.74 Å². The molecule has 0 bridgehead atoms. The van der Waals surface area contributed by atoms with Gasteiger partial charge >= 0.3 is 0 Å². The Hall–Kier alpha value is -1.02. The van der Waals surface area contributed by atoms with Crippen LogP contribution in [0.2, 0.25) is 0 Å². The van der Waals surface area contributed by atoms with E-state index in [1.54, 1.807) is 7.11 Å². The molecule has 1 heterocycles. The molecule has 2 rings (SSSR count). The molecule has 16 heavy (non-hydrogen) atoms. The highest BCUT2D eigenvalue weighted by molar-refractivity contribution is 5.44. The Balaban J connectivity index is 2.30. The lowest BCUT2D eigenvalue weighted by Crippen LogP contribution is -2.28. The molecule has 1 atom stereocenters. The fraction of sp³-hybridized carbons (Fsp3) is 0.571. The number of hydrogen-bond acceptors (Lipinski definition) is 2. The first-order valence-corrected chi connectivity index (χ1v) is 6.23. The van der Waals surface area contributed by atoms with Crippen LogP contribution in [0.4, 0.5) is 0 Å². The molecule has 0 radical (unpaired) electrons. The maximum absolute atomic E-state index is 5.59. The van der Waals surface area contributed by atoms with Crippen molar-refractivity contribution >= 4 is 0 Å². The molecule has 1 saturated heterocycles. The minimum atomic E-state index is 0.621. The third-order valence-electron chi connectivity index (χ3n) is 3.45. The second kappa shape index (κ2) is 5.35. The molecule has 1 unspecified atom stereocenters. The maximum Gasteiger partial charge on any atom is 0.125 e. The topological polar surface area (TPSA) is 21.3 Å². The fourth-order valence-electron chi connectivity index (χ4n) is 2.57. The Bertz CT molecular complexity index is 343. The second-order valence-electron chi connectivity index (χ2n) is 4.44. The molecular weight excluding hydrogens is 198 g/mol. The Morgan fingerprint density at radius 2 is 2.31 bits per heavy atom. The molecule has 0 spiro atoms. The van der Waals surface area contributed by atoms with Gasteiger partial charge in [-0.05, 0) is 36.9 Å². The number of nitrogens with one attached hydrogen (secondary N) is 1. The highest BCUT2D eigenvalue weighted by Crippen LogP contribution is 2.33. The molecule has 1 aromatic rings. The van der Waals surface area contributed by atoms with Crippen LogP contribution in [-0.2, 0) is 6.42 Å². The van der Waals surface area contributed by atoms with E-state index in [9.17, 15) is 0 Å². The van der Waals surface area contributed by atoms with Crippen LogP contribution in [0.15, 0.2) is 18.2 Å². The van der Waals surface area contributed by atoms with E-state index in [1.807, 2.05) is 0 Å². The minimum absolute atomic E-state index is 0.621. The number of aryl methyl sites for hydroxylation is 1. The zero-order valence-corrected chi connectivity index (χ0v) is 10.3. The van der Waals surface area contributed by atoms with Crippen molar-refractivity contribution in [1.29, 1.82) is 0 Å². The average molecular weight is 219 g/mol. The Kier molecular flexibility index (Phi) is 3.83. The number of ether oxygens (including phenoxy) is 1. The minimum Gasteiger partial charge on any atom is -0.496 e. The van der Waals surface area contributed by atoms with Crippen molar-refractivity contribution in [3.8, 4) is 5.75 Å². The molecule has 2 heteroatoms. The van der Waals surface area contributed by atoms with Crippen LogP contribution in [-0.4, -0.2) is 20.2 Å². The number of hydrogen-bond donors (Lipinski definition) is 1. The van der Waals surface area contributed by atoms with E-state index in [0.717, 1.165) is 25.3 Å². The average Bonchev–Trinajstić information content (AvgIpc) is 2.38. The normalized spacial score (nSPS) is 20.8. The van der Waals surface area contributed by atoms with Crippen LogP contribution in [0.3, 0.4) is 0 Å². The van der Waals surface area contributed by atoms with E-state index in [-0.39, 0.29) is 0 Å². The van der Waals surface area contributed by atoms with Gasteiger partial charge < -0.3 is 10.1 Å². The lowest BCUT2D eigenvalue weighted by molar-refractivity contribution is 0.388. The lowest BCUT2D eigenvalue weighted by Gasteiger charge is -2.25. The Labute approximate surface area is 98.0 Å². The van der Waals surface area contributed by atoms with Crippen molar-refractivity contribution in [2.24, 2.45) is 0 Å². The summed E-state index contributed by atoms with van der Waals surface area (Å²) in [6, 6.07) is 6.54. The number of rotatable bonds is 3. The first-order valence-electron chi connectivity index (χ1n) is 6.23. The van der Waals surface area contributed by atoms with Gasteiger partial charge in [0, 0.05) is 12.5 Å². The molecule has 1 aliphatic rings. The third-order valence-corrected chi connectivity index (χ3v) is 3.45. The van der Waals surface area contributed by atoms with Crippen LogP contribution in [0.25, 0.3) is 0 Å². The maximum atomic E-state index is 5.59. The molecule has 2 nitrogen and oxygen atoms in total. The van der Waals surface area contributed by atoms with Gasteiger partial charge in [-0.3, -0.25) is 0 Å². The second-order valence-corrected chi connectivity index (χ2v) is 4.44. The highest BCUT2D eigenvalue weighted by atomic mass is 16.5. The SMILES string of the molecule is CCc1cccc(C2CCCNC2)c1OC. The summed E-state index contributed by atoms with van der Waals surface area (Å²) in [7, 11) is 1.79. The number of benzene rings is 1. The number of methoxy groups -OCH3 is 1. The van der Waals surface area contributed by atoms with Crippen LogP contribution < -0.4 is 10.1 Å². The Morgan fingerprint density at radius 1 is 1.44 bits per heavy atom. The summed E-state index contributed by atoms with van der Waals surface area (Å²) in [5.41, 5.74) is 2.71. The van der Waals surface area contributed by atoms with E-state index >= 15 is 0 Å². The van der Waals surface area contributed by atoms with Crippen molar-refractivity contribution in [3.63, 3.8) is 0 Å². The van der Waals surface area contributed by atoms with Gasteiger partial charge in [0.1, 0.15) is 5.75 Å². The van der Waals surface area contributed by atoms with Crippen molar-refractivity contribution in [3.05, 3.63) is 29.3 Å². The van der Waals surface area contributed by atoms with Crippen molar-refractivity contribution in [2.75, 3.05) is 20.2 Å². The standard InChI is InChI=1S/C14H21NO/c1-3-11-6-4-8-13(14(11)16-2)12-7-5-9-15-10-12/h4,6,8,12,15H,3,5,7,9-10H2,1-2H3. The van der Waals surface area contributed by atoms with Gasteiger partial charge in [-0.1, -0.05) is 25.1 Å². The molecule has 1 aromatic carbocycles. The molecule has 0 saturated carbocycles. The van der Waals surface area contributed by atoms with E-state index in [4.69, 9.17) is 4.74 Å². The molecule has 0 aliphatic carbocycles. The summed E-state index contributed by atoms with van der Waals surface area (Å²) in [6.07, 6.45) is 3.58. The van der Waals surface area contributed by atoms with Gasteiger partial charge in [0.25, 0.3) is 0 Å². The number of piperidine rings is 1. The summed E-state index contributed by atoms with van der Waals surface area (Å²) in [6.45, 7) is 4.43. The first-order chi connectivity index (χ1) is 7.86. The summed E-state index contributed by atoms with van der Waals surface area (Å²) in [5, 5.41) is 3.47. The zero-order chi connectivity index (χ0) is 11.4. The monoisotopic (exact) mass is 219 g/mol.